The highest BCUT2D eigenvalue weighted by molar-refractivity contribution is 6.54. The van der Waals surface area contributed by atoms with Gasteiger partial charge in [0, 0.05) is 24.2 Å². The van der Waals surface area contributed by atoms with E-state index in [0.29, 0.717) is 12.1 Å². The van der Waals surface area contributed by atoms with Gasteiger partial charge in [0.15, 0.2) is 0 Å². The van der Waals surface area contributed by atoms with Crippen molar-refractivity contribution < 1.29 is 9.72 Å². The maximum Gasteiger partial charge on any atom is 0.269 e. The van der Waals surface area contributed by atoms with E-state index in [9.17, 15) is 14.9 Å². The standard InChI is InChI=1S/C16H12Cl2N2O3/c17-16(18)10-15(16,11-4-2-1-3-5-11)14(21)19-12-6-8-13(9-7-12)20(22)23/h1-9H,10H2,(H,19,21)/t15-/m0/s1. The SMILES string of the molecule is O=C(Nc1ccc([N+](=O)[O-])cc1)[C@@]1(c2ccccc2)CC1(Cl)Cl. The second-order valence-electron chi connectivity index (χ2n) is 5.41. The van der Waals surface area contributed by atoms with E-state index in [1.54, 1.807) is 0 Å². The molecule has 2 aromatic rings. The molecule has 23 heavy (non-hydrogen) atoms. The third kappa shape index (κ3) is 2.66. The molecule has 0 heterocycles. The van der Waals surface area contributed by atoms with Crippen molar-refractivity contribution in [1.29, 1.82) is 0 Å². The first-order valence-corrected chi connectivity index (χ1v) is 7.62. The van der Waals surface area contributed by atoms with Crippen LogP contribution < -0.4 is 5.32 Å². The molecule has 0 saturated heterocycles. The van der Waals surface area contributed by atoms with Crippen LogP contribution in [0.15, 0.2) is 54.6 Å². The molecule has 1 saturated carbocycles. The van der Waals surface area contributed by atoms with Crippen molar-refractivity contribution >= 4 is 40.5 Å². The molecule has 1 amide bonds. The first kappa shape index (κ1) is 15.8. The van der Waals surface area contributed by atoms with E-state index >= 15 is 0 Å². The van der Waals surface area contributed by atoms with Gasteiger partial charge in [0.25, 0.3) is 5.69 Å². The summed E-state index contributed by atoms with van der Waals surface area (Å²) in [5.41, 5.74) is 0.131. The number of carbonyl (C=O) groups is 1. The third-order valence-electron chi connectivity index (χ3n) is 3.98. The highest BCUT2D eigenvalue weighted by Crippen LogP contribution is 2.65. The number of amides is 1. The summed E-state index contributed by atoms with van der Waals surface area (Å²) < 4.78 is -1.17. The number of halogens is 2. The number of nitro benzene ring substituents is 1. The zero-order valence-corrected chi connectivity index (χ0v) is 13.3. The van der Waals surface area contributed by atoms with Crippen LogP contribution in [0.2, 0.25) is 0 Å². The van der Waals surface area contributed by atoms with Gasteiger partial charge >= 0.3 is 0 Å². The Morgan fingerprint density at radius 1 is 1.09 bits per heavy atom. The minimum atomic E-state index is -1.17. The lowest BCUT2D eigenvalue weighted by molar-refractivity contribution is -0.384. The number of benzene rings is 2. The Morgan fingerprint density at radius 3 is 2.13 bits per heavy atom. The zero-order valence-electron chi connectivity index (χ0n) is 11.8. The minimum absolute atomic E-state index is 0.0452. The van der Waals surface area contributed by atoms with Gasteiger partial charge < -0.3 is 5.32 Å². The van der Waals surface area contributed by atoms with Crippen molar-refractivity contribution in [2.45, 2.75) is 16.2 Å². The number of rotatable bonds is 4. The lowest BCUT2D eigenvalue weighted by atomic mass is 9.94. The fraction of sp³-hybridized carbons (Fsp3) is 0.188. The molecule has 5 nitrogen and oxygen atoms in total. The number of carbonyl (C=O) groups excluding carboxylic acids is 1. The minimum Gasteiger partial charge on any atom is -0.325 e. The lowest BCUT2D eigenvalue weighted by Gasteiger charge is -2.18. The van der Waals surface area contributed by atoms with E-state index in [4.69, 9.17) is 23.2 Å². The first-order valence-electron chi connectivity index (χ1n) is 6.86. The molecule has 0 aromatic heterocycles. The van der Waals surface area contributed by atoms with Gasteiger partial charge in [-0.3, -0.25) is 14.9 Å². The molecule has 2 aromatic carbocycles. The van der Waals surface area contributed by atoms with Crippen LogP contribution in [0.5, 0.6) is 0 Å². The number of alkyl halides is 2. The van der Waals surface area contributed by atoms with Gasteiger partial charge in [0.2, 0.25) is 5.91 Å². The van der Waals surface area contributed by atoms with Gasteiger partial charge in [-0.1, -0.05) is 30.3 Å². The van der Waals surface area contributed by atoms with Crippen molar-refractivity contribution in [1.82, 2.24) is 0 Å². The molecule has 1 N–H and O–H groups in total. The molecule has 0 unspecified atom stereocenters. The predicted molar refractivity (Wildman–Crippen MR) is 88.9 cm³/mol. The van der Waals surface area contributed by atoms with Gasteiger partial charge in [-0.15, -0.1) is 23.2 Å². The van der Waals surface area contributed by atoms with Gasteiger partial charge in [-0.2, -0.15) is 0 Å². The number of nitrogens with one attached hydrogen (secondary N) is 1. The summed E-state index contributed by atoms with van der Waals surface area (Å²) in [6.45, 7) is 0. The summed E-state index contributed by atoms with van der Waals surface area (Å²) in [4.78, 5) is 22.9. The third-order valence-corrected chi connectivity index (χ3v) is 4.89. The Labute approximate surface area is 142 Å². The van der Waals surface area contributed by atoms with Crippen molar-refractivity contribution in [3.63, 3.8) is 0 Å². The molecule has 118 valence electrons. The number of nitrogens with zero attached hydrogens (tertiary/aromatic N) is 1. The van der Waals surface area contributed by atoms with Gasteiger partial charge in [-0.25, -0.2) is 0 Å². The second-order valence-corrected chi connectivity index (χ2v) is 6.89. The second kappa shape index (κ2) is 5.51. The van der Waals surface area contributed by atoms with Crippen molar-refractivity contribution in [3.05, 3.63) is 70.3 Å². The van der Waals surface area contributed by atoms with Crippen LogP contribution in [-0.4, -0.2) is 15.2 Å². The fourth-order valence-electron chi connectivity index (χ4n) is 2.61. The van der Waals surface area contributed by atoms with Crippen LogP contribution in [0.3, 0.4) is 0 Å². The van der Waals surface area contributed by atoms with E-state index in [-0.39, 0.29) is 11.6 Å². The summed E-state index contributed by atoms with van der Waals surface area (Å²) in [5, 5.41) is 13.4. The van der Waals surface area contributed by atoms with Crippen LogP contribution in [0, 0.1) is 10.1 Å². The topological polar surface area (TPSA) is 72.2 Å². The molecule has 0 radical (unpaired) electrons. The van der Waals surface area contributed by atoms with Crippen LogP contribution in [0.25, 0.3) is 0 Å². The first-order chi connectivity index (χ1) is 10.9. The maximum atomic E-state index is 12.7. The largest absolute Gasteiger partial charge is 0.325 e. The monoisotopic (exact) mass is 350 g/mol. The lowest BCUT2D eigenvalue weighted by Crippen LogP contribution is -2.32. The Hall–Kier alpha value is -2.11. The van der Waals surface area contributed by atoms with Crippen molar-refractivity contribution in [2.75, 3.05) is 5.32 Å². The van der Waals surface area contributed by atoms with Crippen molar-refractivity contribution in [3.8, 4) is 0 Å². The number of nitro groups is 1. The normalized spacial score (nSPS) is 21.5. The molecule has 0 aliphatic heterocycles. The molecular weight excluding hydrogens is 339 g/mol. The highest BCUT2D eigenvalue weighted by atomic mass is 35.5. The number of hydrogen-bond acceptors (Lipinski definition) is 3. The smallest absolute Gasteiger partial charge is 0.269 e. The van der Waals surface area contributed by atoms with E-state index in [0.717, 1.165) is 5.56 Å². The summed E-state index contributed by atoms with van der Waals surface area (Å²) >= 11 is 12.5. The molecule has 3 rings (SSSR count). The summed E-state index contributed by atoms with van der Waals surface area (Å²) in [5.74, 6) is -0.331. The Morgan fingerprint density at radius 2 is 1.65 bits per heavy atom. The molecule has 0 bridgehead atoms. The Kier molecular flexibility index (Phi) is 3.78. The van der Waals surface area contributed by atoms with E-state index in [1.165, 1.54) is 24.3 Å². The maximum absolute atomic E-state index is 12.7. The van der Waals surface area contributed by atoms with Gasteiger partial charge in [0.1, 0.15) is 9.75 Å². The number of anilines is 1. The average molecular weight is 351 g/mol. The fourth-order valence-corrected chi connectivity index (χ4v) is 3.40. The molecule has 1 atom stereocenters. The van der Waals surface area contributed by atoms with Crippen LogP contribution in [0.4, 0.5) is 11.4 Å². The molecular formula is C16H12Cl2N2O3. The summed E-state index contributed by atoms with van der Waals surface area (Å²) in [7, 11) is 0. The van der Waals surface area contributed by atoms with Crippen LogP contribution in [-0.2, 0) is 10.2 Å². The molecule has 7 heteroatoms. The van der Waals surface area contributed by atoms with Crippen LogP contribution in [0.1, 0.15) is 12.0 Å². The Bertz CT molecular complexity index is 763. The predicted octanol–water partition coefficient (Wildman–Crippen LogP) is 4.05. The van der Waals surface area contributed by atoms with Crippen LogP contribution >= 0.6 is 23.2 Å². The molecule has 1 fully saturated rings. The molecule has 1 aliphatic carbocycles. The number of hydrogen-bond donors (Lipinski definition) is 1. The van der Waals surface area contributed by atoms with Gasteiger partial charge in [0.05, 0.1) is 4.92 Å². The summed E-state index contributed by atoms with van der Waals surface area (Å²) in [6.07, 6.45) is 0.311. The van der Waals surface area contributed by atoms with E-state index in [1.807, 2.05) is 30.3 Å². The quantitative estimate of drug-likeness (QED) is 0.513. The zero-order chi connectivity index (χ0) is 16.7. The molecule has 1 aliphatic rings. The highest BCUT2D eigenvalue weighted by Gasteiger charge is 2.72. The van der Waals surface area contributed by atoms with Gasteiger partial charge in [-0.05, 0) is 17.7 Å². The Balaban J connectivity index is 1.85. The number of non-ortho nitro benzene ring substituents is 1. The van der Waals surface area contributed by atoms with Crippen molar-refractivity contribution in [2.24, 2.45) is 0 Å². The van der Waals surface area contributed by atoms with E-state index in [2.05, 4.69) is 5.32 Å². The summed E-state index contributed by atoms with van der Waals surface area (Å²) in [6, 6.07) is 14.7. The van der Waals surface area contributed by atoms with E-state index < -0.39 is 14.7 Å². The molecule has 0 spiro atoms. The average Bonchev–Trinajstić information content (AvgIpc) is 3.13.